The topological polar surface area (TPSA) is 49.8 Å². The molecule has 2 heterocycles. The first kappa shape index (κ1) is 18.6. The third-order valence-electron chi connectivity index (χ3n) is 4.40. The molecule has 0 radical (unpaired) electrons. The van der Waals surface area contributed by atoms with Gasteiger partial charge >= 0.3 is 0 Å². The van der Waals surface area contributed by atoms with Crippen LogP contribution in [0.3, 0.4) is 0 Å². The average molecular weight is 358 g/mol. The van der Waals surface area contributed by atoms with Gasteiger partial charge < -0.3 is 10.6 Å². The van der Waals surface area contributed by atoms with Crippen LogP contribution in [-0.4, -0.2) is 9.97 Å². The summed E-state index contributed by atoms with van der Waals surface area (Å²) in [5.41, 5.74) is 4.31. The van der Waals surface area contributed by atoms with Crippen LogP contribution in [0.4, 0.5) is 5.82 Å². The maximum atomic E-state index is 4.60. The first-order valence-electron chi connectivity index (χ1n) is 9.21. The van der Waals surface area contributed by atoms with E-state index < -0.39 is 0 Å². The largest absolute Gasteiger partial charge is 0.366 e. The molecule has 4 heteroatoms. The molecule has 0 aromatic carbocycles. The molecule has 1 unspecified atom stereocenters. The maximum absolute atomic E-state index is 4.60. The first-order valence-corrected chi connectivity index (χ1v) is 9.21. The van der Waals surface area contributed by atoms with Crippen LogP contribution in [0.15, 0.2) is 90.6 Å². The monoisotopic (exact) mass is 358 g/mol. The Morgan fingerprint density at radius 3 is 3.11 bits per heavy atom. The van der Waals surface area contributed by atoms with Gasteiger partial charge in [-0.2, -0.15) is 0 Å². The molecule has 27 heavy (non-hydrogen) atoms. The van der Waals surface area contributed by atoms with E-state index in [4.69, 9.17) is 0 Å². The normalized spacial score (nSPS) is 19.5. The highest BCUT2D eigenvalue weighted by molar-refractivity contribution is 5.68. The van der Waals surface area contributed by atoms with E-state index in [1.165, 1.54) is 11.3 Å². The van der Waals surface area contributed by atoms with Gasteiger partial charge in [-0.15, -0.1) is 0 Å². The number of aromatic nitrogens is 2. The molecular formula is C23H26N4. The van der Waals surface area contributed by atoms with Gasteiger partial charge in [0.05, 0.1) is 0 Å². The van der Waals surface area contributed by atoms with Crippen molar-refractivity contribution in [2.75, 3.05) is 5.32 Å². The summed E-state index contributed by atoms with van der Waals surface area (Å²) in [5, 5.41) is 6.57. The summed E-state index contributed by atoms with van der Waals surface area (Å²) in [6.45, 7) is 8.32. The fraction of sp³-hybridized carbons (Fsp3) is 0.217. The van der Waals surface area contributed by atoms with Gasteiger partial charge in [0, 0.05) is 29.1 Å². The van der Waals surface area contributed by atoms with E-state index in [2.05, 4.69) is 83.6 Å². The van der Waals surface area contributed by atoms with Crippen molar-refractivity contribution >= 4 is 11.4 Å². The molecule has 0 bridgehead atoms. The SMILES string of the molecule is C=C(/C=C\C1C=CNC(C)=CC1)c1nccc(NC2=CC=C(C)CC=C2)n1. The zero-order valence-corrected chi connectivity index (χ0v) is 15.9. The number of nitrogens with one attached hydrogen (secondary N) is 2. The highest BCUT2D eigenvalue weighted by Gasteiger charge is 2.06. The van der Waals surface area contributed by atoms with Crippen molar-refractivity contribution in [1.82, 2.24) is 15.3 Å². The van der Waals surface area contributed by atoms with Crippen LogP contribution >= 0.6 is 0 Å². The van der Waals surface area contributed by atoms with Crippen molar-refractivity contribution in [2.45, 2.75) is 26.7 Å². The smallest absolute Gasteiger partial charge is 0.160 e. The van der Waals surface area contributed by atoms with Gasteiger partial charge in [-0.05, 0) is 51.1 Å². The van der Waals surface area contributed by atoms with Crippen LogP contribution < -0.4 is 10.6 Å². The Labute approximate surface area is 161 Å². The first-order chi connectivity index (χ1) is 13.1. The molecule has 2 aliphatic rings. The number of hydrogen-bond donors (Lipinski definition) is 2. The molecule has 1 aliphatic carbocycles. The van der Waals surface area contributed by atoms with Crippen molar-refractivity contribution in [2.24, 2.45) is 5.92 Å². The standard InChI is InChI=1S/C23H26N4/c1-17-5-4-6-21(12-7-17)26-22-14-16-25-23(27-22)18(2)8-10-20-11-9-19(3)24-15-13-20/h4,6-10,12-16,20,24H,2,5,11H2,1,3H3,(H,25,26,27)/b10-8-. The Morgan fingerprint density at radius 2 is 2.22 bits per heavy atom. The van der Waals surface area contributed by atoms with Crippen molar-refractivity contribution in [3.63, 3.8) is 0 Å². The third-order valence-corrected chi connectivity index (χ3v) is 4.40. The maximum Gasteiger partial charge on any atom is 0.160 e. The van der Waals surface area contributed by atoms with Crippen molar-refractivity contribution < 1.29 is 0 Å². The van der Waals surface area contributed by atoms with Gasteiger partial charge in [-0.3, -0.25) is 0 Å². The van der Waals surface area contributed by atoms with Crippen LogP contribution in [0.5, 0.6) is 0 Å². The Hall–Kier alpha value is -3.14. The van der Waals surface area contributed by atoms with Crippen LogP contribution in [0.2, 0.25) is 0 Å². The van der Waals surface area contributed by atoms with E-state index in [1.54, 1.807) is 6.20 Å². The molecule has 138 valence electrons. The second-order valence-electron chi connectivity index (χ2n) is 6.81. The Balaban J connectivity index is 1.68. The molecular weight excluding hydrogens is 332 g/mol. The number of allylic oxidation sites excluding steroid dienone is 11. The predicted octanol–water partition coefficient (Wildman–Crippen LogP) is 5.28. The second kappa shape index (κ2) is 8.99. The number of nitrogens with zero attached hydrogens (tertiary/aromatic N) is 2. The molecule has 0 saturated heterocycles. The van der Waals surface area contributed by atoms with Crippen LogP contribution in [0, 0.1) is 5.92 Å². The minimum absolute atomic E-state index is 0.337. The summed E-state index contributed by atoms with van der Waals surface area (Å²) < 4.78 is 0. The predicted molar refractivity (Wildman–Crippen MR) is 114 cm³/mol. The quantitative estimate of drug-likeness (QED) is 0.704. The van der Waals surface area contributed by atoms with E-state index in [9.17, 15) is 0 Å². The van der Waals surface area contributed by atoms with E-state index >= 15 is 0 Å². The highest BCUT2D eigenvalue weighted by Crippen LogP contribution is 2.18. The summed E-state index contributed by atoms with van der Waals surface area (Å²) in [4.78, 5) is 8.96. The van der Waals surface area contributed by atoms with Gasteiger partial charge in [0.1, 0.15) is 5.82 Å². The van der Waals surface area contributed by atoms with E-state index in [0.29, 0.717) is 11.7 Å². The molecule has 4 nitrogen and oxygen atoms in total. The highest BCUT2D eigenvalue weighted by atomic mass is 15.0. The minimum Gasteiger partial charge on any atom is -0.366 e. The second-order valence-corrected chi connectivity index (χ2v) is 6.81. The van der Waals surface area contributed by atoms with Crippen molar-refractivity contribution in [1.29, 1.82) is 0 Å². The van der Waals surface area contributed by atoms with E-state index in [-0.39, 0.29) is 0 Å². The van der Waals surface area contributed by atoms with E-state index in [1.807, 2.05) is 18.3 Å². The van der Waals surface area contributed by atoms with Gasteiger partial charge in [-0.1, -0.05) is 48.6 Å². The molecule has 0 amide bonds. The summed E-state index contributed by atoms with van der Waals surface area (Å²) >= 11 is 0. The fourth-order valence-electron chi connectivity index (χ4n) is 2.75. The lowest BCUT2D eigenvalue weighted by atomic mass is 10.0. The molecule has 1 atom stereocenters. The molecule has 2 N–H and O–H groups in total. The van der Waals surface area contributed by atoms with Gasteiger partial charge in [0.25, 0.3) is 0 Å². The third kappa shape index (κ3) is 5.68. The molecule has 0 fully saturated rings. The van der Waals surface area contributed by atoms with Gasteiger partial charge in [-0.25, -0.2) is 9.97 Å². The lowest BCUT2D eigenvalue weighted by Crippen LogP contribution is -2.02. The minimum atomic E-state index is 0.337. The lowest BCUT2D eigenvalue weighted by Gasteiger charge is -2.08. The molecule has 0 saturated carbocycles. The zero-order chi connectivity index (χ0) is 19.1. The Kier molecular flexibility index (Phi) is 6.21. The lowest BCUT2D eigenvalue weighted by molar-refractivity contribution is 0.833. The van der Waals surface area contributed by atoms with Crippen LogP contribution in [-0.2, 0) is 0 Å². The van der Waals surface area contributed by atoms with Crippen LogP contribution in [0.25, 0.3) is 5.57 Å². The van der Waals surface area contributed by atoms with Gasteiger partial charge in [0.2, 0.25) is 0 Å². The molecule has 3 rings (SSSR count). The Morgan fingerprint density at radius 1 is 1.33 bits per heavy atom. The van der Waals surface area contributed by atoms with Crippen LogP contribution in [0.1, 0.15) is 32.5 Å². The fourth-order valence-corrected chi connectivity index (χ4v) is 2.75. The summed E-state index contributed by atoms with van der Waals surface area (Å²) in [5.74, 6) is 1.73. The summed E-state index contributed by atoms with van der Waals surface area (Å²) in [6, 6.07) is 1.86. The molecule has 0 spiro atoms. The zero-order valence-electron chi connectivity index (χ0n) is 15.9. The average Bonchev–Trinajstić information content (AvgIpc) is 3.00. The molecule has 1 aliphatic heterocycles. The van der Waals surface area contributed by atoms with Gasteiger partial charge in [0.15, 0.2) is 5.82 Å². The number of rotatable bonds is 5. The molecule has 1 aromatic rings. The molecule has 1 aromatic heterocycles. The van der Waals surface area contributed by atoms with E-state index in [0.717, 1.165) is 29.9 Å². The summed E-state index contributed by atoms with van der Waals surface area (Å²) in [6.07, 6.45) is 22.6. The number of hydrogen-bond acceptors (Lipinski definition) is 4. The summed E-state index contributed by atoms with van der Waals surface area (Å²) in [7, 11) is 0. The van der Waals surface area contributed by atoms with Crippen molar-refractivity contribution in [3.8, 4) is 0 Å². The Bertz CT molecular complexity index is 881. The number of anilines is 1. The van der Waals surface area contributed by atoms with Crippen molar-refractivity contribution in [3.05, 3.63) is 96.4 Å².